The summed E-state index contributed by atoms with van der Waals surface area (Å²) in [5.74, 6) is 0.416. The SMILES string of the molecule is COc1ncc([C@H](O)CO)nc1OC. The molecule has 0 bridgehead atoms. The summed E-state index contributed by atoms with van der Waals surface area (Å²) in [7, 11) is 2.86. The van der Waals surface area contributed by atoms with Crippen molar-refractivity contribution in [1.82, 2.24) is 9.97 Å². The van der Waals surface area contributed by atoms with Gasteiger partial charge in [-0.15, -0.1) is 0 Å². The molecule has 0 amide bonds. The molecule has 6 heteroatoms. The van der Waals surface area contributed by atoms with Crippen LogP contribution in [0.2, 0.25) is 0 Å². The van der Waals surface area contributed by atoms with Gasteiger partial charge < -0.3 is 19.7 Å². The van der Waals surface area contributed by atoms with Crippen molar-refractivity contribution in [2.75, 3.05) is 20.8 Å². The van der Waals surface area contributed by atoms with Crippen LogP contribution in [0, 0.1) is 0 Å². The fraction of sp³-hybridized carbons (Fsp3) is 0.500. The lowest BCUT2D eigenvalue weighted by molar-refractivity contribution is 0.0911. The Bertz CT molecular complexity index is 305. The van der Waals surface area contributed by atoms with Crippen molar-refractivity contribution in [2.24, 2.45) is 0 Å². The highest BCUT2D eigenvalue weighted by Crippen LogP contribution is 2.22. The summed E-state index contributed by atoms with van der Waals surface area (Å²) in [4.78, 5) is 7.77. The molecule has 0 aliphatic rings. The summed E-state index contributed by atoms with van der Waals surface area (Å²) in [5, 5.41) is 18.0. The maximum absolute atomic E-state index is 9.26. The largest absolute Gasteiger partial charge is 0.477 e. The average Bonchev–Trinajstić information content (AvgIpc) is 2.26. The Morgan fingerprint density at radius 2 is 2.00 bits per heavy atom. The van der Waals surface area contributed by atoms with E-state index in [0.717, 1.165) is 0 Å². The monoisotopic (exact) mass is 200 g/mol. The van der Waals surface area contributed by atoms with Crippen molar-refractivity contribution in [1.29, 1.82) is 0 Å². The summed E-state index contributed by atoms with van der Waals surface area (Å²) >= 11 is 0. The summed E-state index contributed by atoms with van der Waals surface area (Å²) < 4.78 is 9.74. The van der Waals surface area contributed by atoms with Gasteiger partial charge >= 0.3 is 0 Å². The Morgan fingerprint density at radius 3 is 2.50 bits per heavy atom. The molecule has 0 aromatic carbocycles. The Labute approximate surface area is 81.1 Å². The number of hydrogen-bond acceptors (Lipinski definition) is 6. The minimum atomic E-state index is -1.05. The summed E-state index contributed by atoms with van der Waals surface area (Å²) in [6, 6.07) is 0. The molecule has 2 N–H and O–H groups in total. The lowest BCUT2D eigenvalue weighted by Gasteiger charge is -2.09. The molecular weight excluding hydrogens is 188 g/mol. The van der Waals surface area contributed by atoms with Gasteiger partial charge in [0.2, 0.25) is 0 Å². The molecule has 1 aromatic heterocycles. The van der Waals surface area contributed by atoms with Crippen LogP contribution in [0.25, 0.3) is 0 Å². The highest BCUT2D eigenvalue weighted by molar-refractivity contribution is 5.26. The van der Waals surface area contributed by atoms with E-state index >= 15 is 0 Å². The minimum Gasteiger partial charge on any atom is -0.477 e. The van der Waals surface area contributed by atoms with Crippen LogP contribution in [-0.4, -0.2) is 41.0 Å². The van der Waals surface area contributed by atoms with Gasteiger partial charge in [0.15, 0.2) is 0 Å². The summed E-state index contributed by atoms with van der Waals surface area (Å²) in [6.07, 6.45) is 0.268. The van der Waals surface area contributed by atoms with Gasteiger partial charge in [-0.2, -0.15) is 0 Å². The van der Waals surface area contributed by atoms with Crippen LogP contribution >= 0.6 is 0 Å². The third kappa shape index (κ3) is 2.09. The Balaban J connectivity index is 3.01. The second-order valence-electron chi connectivity index (χ2n) is 2.51. The standard InChI is InChI=1S/C8H12N2O4/c1-13-7-8(14-2)10-5(3-9-7)6(12)4-11/h3,6,11-12H,4H2,1-2H3/t6-/m1/s1. The topological polar surface area (TPSA) is 84.7 Å². The van der Waals surface area contributed by atoms with E-state index in [-0.39, 0.29) is 17.5 Å². The first-order valence-electron chi connectivity index (χ1n) is 3.96. The van der Waals surface area contributed by atoms with Crippen molar-refractivity contribution in [2.45, 2.75) is 6.10 Å². The predicted octanol–water partition coefficient (Wildman–Crippen LogP) is -0.481. The second-order valence-corrected chi connectivity index (χ2v) is 2.51. The lowest BCUT2D eigenvalue weighted by Crippen LogP contribution is -2.07. The van der Waals surface area contributed by atoms with Gasteiger partial charge in [0.25, 0.3) is 11.8 Å². The maximum Gasteiger partial charge on any atom is 0.278 e. The number of nitrogens with zero attached hydrogens (tertiary/aromatic N) is 2. The molecule has 6 nitrogen and oxygen atoms in total. The van der Waals surface area contributed by atoms with Gasteiger partial charge in [0.05, 0.1) is 32.7 Å². The van der Waals surface area contributed by atoms with Crippen molar-refractivity contribution >= 4 is 0 Å². The van der Waals surface area contributed by atoms with Crippen LogP contribution in [0.3, 0.4) is 0 Å². The molecule has 0 unspecified atom stereocenters. The number of aliphatic hydroxyl groups excluding tert-OH is 2. The quantitative estimate of drug-likeness (QED) is 0.682. The van der Waals surface area contributed by atoms with Gasteiger partial charge in [0, 0.05) is 0 Å². The minimum absolute atomic E-state index is 0.178. The number of methoxy groups -OCH3 is 2. The molecule has 1 aromatic rings. The van der Waals surface area contributed by atoms with E-state index in [0.29, 0.717) is 0 Å². The highest BCUT2D eigenvalue weighted by atomic mass is 16.5. The number of aliphatic hydroxyl groups is 2. The van der Waals surface area contributed by atoms with E-state index in [2.05, 4.69) is 9.97 Å². The van der Waals surface area contributed by atoms with Crippen LogP contribution in [0.4, 0.5) is 0 Å². The first-order chi connectivity index (χ1) is 6.72. The van der Waals surface area contributed by atoms with Gasteiger partial charge in [-0.3, -0.25) is 0 Å². The smallest absolute Gasteiger partial charge is 0.278 e. The van der Waals surface area contributed by atoms with E-state index in [1.165, 1.54) is 20.4 Å². The second kappa shape index (κ2) is 4.73. The van der Waals surface area contributed by atoms with E-state index in [9.17, 15) is 5.11 Å². The molecular formula is C8H12N2O4. The zero-order chi connectivity index (χ0) is 10.6. The Kier molecular flexibility index (Phi) is 3.61. The van der Waals surface area contributed by atoms with E-state index < -0.39 is 12.7 Å². The first kappa shape index (κ1) is 10.7. The van der Waals surface area contributed by atoms with Crippen LogP contribution < -0.4 is 9.47 Å². The molecule has 0 radical (unpaired) electrons. The fourth-order valence-electron chi connectivity index (χ4n) is 0.901. The van der Waals surface area contributed by atoms with Crippen molar-refractivity contribution < 1.29 is 19.7 Å². The Hall–Kier alpha value is -1.40. The number of ether oxygens (including phenoxy) is 2. The van der Waals surface area contributed by atoms with Crippen LogP contribution in [0.5, 0.6) is 11.8 Å². The summed E-state index contributed by atoms with van der Waals surface area (Å²) in [6.45, 7) is -0.413. The number of aromatic nitrogens is 2. The normalized spacial score (nSPS) is 12.3. The molecule has 0 spiro atoms. The molecule has 1 heterocycles. The predicted molar refractivity (Wildman–Crippen MR) is 47.2 cm³/mol. The average molecular weight is 200 g/mol. The molecule has 0 aliphatic carbocycles. The van der Waals surface area contributed by atoms with Crippen LogP contribution in [0.1, 0.15) is 11.8 Å². The third-order valence-corrected chi connectivity index (χ3v) is 1.63. The van der Waals surface area contributed by atoms with E-state index in [4.69, 9.17) is 14.6 Å². The van der Waals surface area contributed by atoms with Crippen LogP contribution in [0.15, 0.2) is 6.20 Å². The molecule has 0 aliphatic heterocycles. The molecule has 1 atom stereocenters. The Morgan fingerprint density at radius 1 is 1.36 bits per heavy atom. The number of hydrogen-bond donors (Lipinski definition) is 2. The molecule has 0 saturated heterocycles. The zero-order valence-electron chi connectivity index (χ0n) is 7.97. The maximum atomic E-state index is 9.26. The molecule has 0 saturated carbocycles. The van der Waals surface area contributed by atoms with Crippen LogP contribution in [-0.2, 0) is 0 Å². The molecule has 78 valence electrons. The van der Waals surface area contributed by atoms with E-state index in [1.807, 2.05) is 0 Å². The first-order valence-corrected chi connectivity index (χ1v) is 3.96. The lowest BCUT2D eigenvalue weighted by atomic mass is 10.3. The van der Waals surface area contributed by atoms with E-state index in [1.54, 1.807) is 0 Å². The van der Waals surface area contributed by atoms with Crippen molar-refractivity contribution in [3.63, 3.8) is 0 Å². The molecule has 14 heavy (non-hydrogen) atoms. The molecule has 1 rings (SSSR count). The number of rotatable bonds is 4. The fourth-order valence-corrected chi connectivity index (χ4v) is 0.901. The van der Waals surface area contributed by atoms with Crippen molar-refractivity contribution in [3.8, 4) is 11.8 Å². The molecule has 0 fully saturated rings. The van der Waals surface area contributed by atoms with Crippen molar-refractivity contribution in [3.05, 3.63) is 11.9 Å². The summed E-state index contributed by atoms with van der Waals surface area (Å²) in [5.41, 5.74) is 0.241. The highest BCUT2D eigenvalue weighted by Gasteiger charge is 2.13. The van der Waals surface area contributed by atoms with Gasteiger partial charge in [-0.1, -0.05) is 0 Å². The van der Waals surface area contributed by atoms with Gasteiger partial charge in [-0.25, -0.2) is 9.97 Å². The zero-order valence-corrected chi connectivity index (χ0v) is 7.97. The van der Waals surface area contributed by atoms with Gasteiger partial charge in [-0.05, 0) is 0 Å². The third-order valence-electron chi connectivity index (χ3n) is 1.63. The van der Waals surface area contributed by atoms with Gasteiger partial charge in [0.1, 0.15) is 6.10 Å².